The summed E-state index contributed by atoms with van der Waals surface area (Å²) in [5.74, 6) is 0.633. The lowest BCUT2D eigenvalue weighted by Crippen LogP contribution is -2.38. The summed E-state index contributed by atoms with van der Waals surface area (Å²) in [5.41, 5.74) is 1.23. The Hall–Kier alpha value is -2.43. The molecular formula is C20H23N3O2. The Morgan fingerprint density at radius 3 is 2.64 bits per heavy atom. The number of nitrogens with one attached hydrogen (secondary N) is 2. The summed E-state index contributed by atoms with van der Waals surface area (Å²) in [6.07, 6.45) is 5.58. The van der Waals surface area contributed by atoms with Crippen LogP contribution in [0.2, 0.25) is 0 Å². The van der Waals surface area contributed by atoms with Crippen LogP contribution in [0.3, 0.4) is 0 Å². The van der Waals surface area contributed by atoms with Gasteiger partial charge in [0.2, 0.25) is 5.91 Å². The van der Waals surface area contributed by atoms with Crippen molar-refractivity contribution in [1.29, 1.82) is 0 Å². The molecule has 2 aliphatic carbocycles. The standard InChI is InChI=1S/C20H23N3O2/c1-14-22-16(11-17(24)23-14)12-21-18(25)20(15-7-3-2-4-8-15)13-19(20)9-5-6-10-19/h2-4,7-8,11H,5-6,9-10,12-13H2,1H3,(H,21,25)(H,22,23,24). The number of hydrogen-bond donors (Lipinski definition) is 2. The molecule has 2 fully saturated rings. The maximum Gasteiger partial charge on any atom is 0.251 e. The van der Waals surface area contributed by atoms with Crippen molar-refractivity contribution in [1.82, 2.24) is 15.3 Å². The Balaban J connectivity index is 1.59. The van der Waals surface area contributed by atoms with Crippen LogP contribution >= 0.6 is 0 Å². The monoisotopic (exact) mass is 337 g/mol. The maximum absolute atomic E-state index is 13.2. The van der Waals surface area contributed by atoms with Gasteiger partial charge < -0.3 is 10.3 Å². The summed E-state index contributed by atoms with van der Waals surface area (Å²) in [5, 5.41) is 3.05. The number of carbonyl (C=O) groups is 1. The minimum atomic E-state index is -0.416. The van der Waals surface area contributed by atoms with E-state index in [0.29, 0.717) is 11.5 Å². The molecule has 0 aliphatic heterocycles. The fourth-order valence-electron chi connectivity index (χ4n) is 4.76. The molecule has 1 aromatic heterocycles. The molecule has 1 aromatic carbocycles. The summed E-state index contributed by atoms with van der Waals surface area (Å²) >= 11 is 0. The number of hydrogen-bond acceptors (Lipinski definition) is 3. The summed E-state index contributed by atoms with van der Waals surface area (Å²) < 4.78 is 0. The molecule has 0 saturated heterocycles. The highest BCUT2D eigenvalue weighted by Crippen LogP contribution is 2.72. The number of carbonyl (C=O) groups excluding carboxylic acids is 1. The Morgan fingerprint density at radius 2 is 1.96 bits per heavy atom. The van der Waals surface area contributed by atoms with E-state index in [2.05, 4.69) is 27.4 Å². The van der Waals surface area contributed by atoms with E-state index in [1.165, 1.54) is 18.9 Å². The SMILES string of the molecule is Cc1nc(CNC(=O)C2(c3ccccc3)CC23CCCC3)cc(=O)[nH]1. The van der Waals surface area contributed by atoms with Crippen LogP contribution < -0.4 is 10.9 Å². The van der Waals surface area contributed by atoms with Gasteiger partial charge in [0.15, 0.2) is 0 Å². The van der Waals surface area contributed by atoms with Crippen molar-refractivity contribution in [3.63, 3.8) is 0 Å². The van der Waals surface area contributed by atoms with E-state index in [1.54, 1.807) is 6.92 Å². The first-order valence-electron chi connectivity index (χ1n) is 8.96. The summed E-state index contributed by atoms with van der Waals surface area (Å²) in [6, 6.07) is 11.6. The number of aromatic nitrogens is 2. The molecule has 25 heavy (non-hydrogen) atoms. The van der Waals surface area contributed by atoms with Crippen molar-refractivity contribution in [3.05, 3.63) is 63.8 Å². The van der Waals surface area contributed by atoms with Gasteiger partial charge in [-0.3, -0.25) is 9.59 Å². The van der Waals surface area contributed by atoms with Gasteiger partial charge in [0.05, 0.1) is 17.7 Å². The average molecular weight is 337 g/mol. The maximum atomic E-state index is 13.2. The molecule has 0 radical (unpaired) electrons. The highest BCUT2D eigenvalue weighted by molar-refractivity contribution is 5.93. The lowest BCUT2D eigenvalue weighted by atomic mass is 9.84. The van der Waals surface area contributed by atoms with Gasteiger partial charge in [-0.25, -0.2) is 4.98 Å². The Labute approximate surface area is 146 Å². The molecule has 2 N–H and O–H groups in total. The molecule has 130 valence electrons. The first-order valence-corrected chi connectivity index (χ1v) is 8.96. The average Bonchev–Trinajstić information content (AvgIpc) is 3.00. The molecular weight excluding hydrogens is 314 g/mol. The molecule has 1 atom stereocenters. The van der Waals surface area contributed by atoms with Gasteiger partial charge in [-0.2, -0.15) is 0 Å². The Morgan fingerprint density at radius 1 is 1.24 bits per heavy atom. The van der Waals surface area contributed by atoms with Crippen molar-refractivity contribution in [2.24, 2.45) is 5.41 Å². The molecule has 2 saturated carbocycles. The van der Waals surface area contributed by atoms with Crippen LogP contribution in [0.1, 0.15) is 49.2 Å². The first-order chi connectivity index (χ1) is 12.1. The van der Waals surface area contributed by atoms with Gasteiger partial charge >= 0.3 is 0 Å². The van der Waals surface area contributed by atoms with Crippen LogP contribution in [0.5, 0.6) is 0 Å². The van der Waals surface area contributed by atoms with Gasteiger partial charge in [0.1, 0.15) is 5.82 Å². The normalized spacial score (nSPS) is 23.6. The molecule has 1 heterocycles. The predicted octanol–water partition coefficient (Wildman–Crippen LogP) is 2.60. The fourth-order valence-corrected chi connectivity index (χ4v) is 4.76. The van der Waals surface area contributed by atoms with Crippen LogP contribution in [-0.2, 0) is 16.8 Å². The van der Waals surface area contributed by atoms with Gasteiger partial charge in [-0.15, -0.1) is 0 Å². The largest absolute Gasteiger partial charge is 0.350 e. The molecule has 1 spiro atoms. The predicted molar refractivity (Wildman–Crippen MR) is 95.1 cm³/mol. The highest BCUT2D eigenvalue weighted by Gasteiger charge is 2.72. The second-order valence-corrected chi connectivity index (χ2v) is 7.44. The van der Waals surface area contributed by atoms with Crippen molar-refractivity contribution >= 4 is 5.91 Å². The number of rotatable bonds is 4. The van der Waals surface area contributed by atoms with E-state index >= 15 is 0 Å². The number of aromatic amines is 1. The topological polar surface area (TPSA) is 74.8 Å². The quantitative estimate of drug-likeness (QED) is 0.900. The summed E-state index contributed by atoms with van der Waals surface area (Å²) in [6.45, 7) is 2.03. The van der Waals surface area contributed by atoms with Crippen LogP contribution in [-0.4, -0.2) is 15.9 Å². The minimum Gasteiger partial charge on any atom is -0.350 e. The number of aryl methyl sites for hydroxylation is 1. The zero-order valence-corrected chi connectivity index (χ0v) is 14.5. The van der Waals surface area contributed by atoms with Gasteiger partial charge in [0, 0.05) is 6.07 Å². The molecule has 4 rings (SSSR count). The third-order valence-electron chi connectivity index (χ3n) is 5.94. The molecule has 0 bridgehead atoms. The van der Waals surface area contributed by atoms with E-state index in [1.807, 2.05) is 18.2 Å². The van der Waals surface area contributed by atoms with E-state index in [9.17, 15) is 9.59 Å². The highest BCUT2D eigenvalue weighted by atomic mass is 16.2. The Kier molecular flexibility index (Phi) is 3.74. The van der Waals surface area contributed by atoms with Crippen LogP contribution in [0.15, 0.2) is 41.2 Å². The van der Waals surface area contributed by atoms with E-state index in [0.717, 1.165) is 24.8 Å². The third kappa shape index (κ3) is 2.58. The van der Waals surface area contributed by atoms with E-state index in [-0.39, 0.29) is 23.4 Å². The minimum absolute atomic E-state index is 0.0698. The van der Waals surface area contributed by atoms with Crippen LogP contribution in [0.25, 0.3) is 0 Å². The van der Waals surface area contributed by atoms with Crippen molar-refractivity contribution < 1.29 is 4.79 Å². The molecule has 2 aromatic rings. The molecule has 1 unspecified atom stereocenters. The summed E-state index contributed by atoms with van der Waals surface area (Å²) in [7, 11) is 0. The molecule has 2 aliphatic rings. The number of benzene rings is 1. The lowest BCUT2D eigenvalue weighted by molar-refractivity contribution is -0.124. The van der Waals surface area contributed by atoms with Crippen molar-refractivity contribution in [2.45, 2.75) is 51.0 Å². The number of H-pyrrole nitrogens is 1. The third-order valence-corrected chi connectivity index (χ3v) is 5.94. The molecule has 1 amide bonds. The summed E-state index contributed by atoms with van der Waals surface area (Å²) in [4.78, 5) is 31.7. The first kappa shape index (κ1) is 16.1. The second kappa shape index (κ2) is 5.83. The second-order valence-electron chi connectivity index (χ2n) is 7.44. The zero-order chi connectivity index (χ0) is 17.5. The van der Waals surface area contributed by atoms with Crippen LogP contribution in [0, 0.1) is 12.3 Å². The number of amides is 1. The van der Waals surface area contributed by atoms with Crippen LogP contribution in [0.4, 0.5) is 0 Å². The number of nitrogens with zero attached hydrogens (tertiary/aromatic N) is 1. The van der Waals surface area contributed by atoms with Gasteiger partial charge in [-0.1, -0.05) is 43.2 Å². The van der Waals surface area contributed by atoms with E-state index < -0.39 is 5.41 Å². The van der Waals surface area contributed by atoms with Crippen molar-refractivity contribution in [3.8, 4) is 0 Å². The lowest BCUT2D eigenvalue weighted by Gasteiger charge is -2.22. The van der Waals surface area contributed by atoms with Crippen molar-refractivity contribution in [2.75, 3.05) is 0 Å². The van der Waals surface area contributed by atoms with E-state index in [4.69, 9.17) is 0 Å². The zero-order valence-electron chi connectivity index (χ0n) is 14.5. The fraction of sp³-hybridized carbons (Fsp3) is 0.450. The van der Waals surface area contributed by atoms with Gasteiger partial charge in [0.25, 0.3) is 5.56 Å². The molecule has 5 heteroatoms. The van der Waals surface area contributed by atoms with Gasteiger partial charge in [-0.05, 0) is 37.2 Å². The Bertz CT molecular complexity index is 853. The smallest absolute Gasteiger partial charge is 0.251 e. The molecule has 5 nitrogen and oxygen atoms in total.